The van der Waals surface area contributed by atoms with E-state index in [1.54, 1.807) is 7.11 Å². The average molecular weight is 204 g/mol. The molecule has 0 amide bonds. The van der Waals surface area contributed by atoms with Crippen LogP contribution >= 0.6 is 0 Å². The Balaban J connectivity index is 2.58. The van der Waals surface area contributed by atoms with Crippen LogP contribution in [0.3, 0.4) is 0 Å². The molecule has 0 fully saturated rings. The molecule has 0 unspecified atom stereocenters. The van der Waals surface area contributed by atoms with Gasteiger partial charge in [0.2, 0.25) is 0 Å². The summed E-state index contributed by atoms with van der Waals surface area (Å²) in [6.45, 7) is 1.82. The van der Waals surface area contributed by atoms with E-state index in [2.05, 4.69) is 4.98 Å². The van der Waals surface area contributed by atoms with Gasteiger partial charge >= 0.3 is 0 Å². The Morgan fingerprint density at radius 3 is 2.67 bits per heavy atom. The number of nitrogen functional groups attached to an aromatic ring is 1. The van der Waals surface area contributed by atoms with E-state index in [1.165, 1.54) is 0 Å². The van der Waals surface area contributed by atoms with Crippen molar-refractivity contribution in [2.75, 3.05) is 12.8 Å². The van der Waals surface area contributed by atoms with Crippen LogP contribution in [0.1, 0.15) is 5.76 Å². The predicted octanol–water partition coefficient (Wildman–Crippen LogP) is 2.24. The first-order valence-electron chi connectivity index (χ1n) is 4.58. The smallest absolute Gasteiger partial charge is 0.292 e. The highest BCUT2D eigenvalue weighted by Gasteiger charge is 2.13. The molecule has 0 aliphatic rings. The lowest BCUT2D eigenvalue weighted by Crippen LogP contribution is -1.89. The number of hydrogen-bond donors (Lipinski definition) is 1. The molecule has 0 radical (unpaired) electrons. The Bertz CT molecular complexity index is 477. The molecule has 1 aromatic heterocycles. The molecule has 1 aromatic carbocycles. The maximum Gasteiger partial charge on any atom is 0.292 e. The summed E-state index contributed by atoms with van der Waals surface area (Å²) in [7, 11) is 1.62. The van der Waals surface area contributed by atoms with Crippen LogP contribution in [0, 0.1) is 6.92 Å². The Kier molecular flexibility index (Phi) is 2.33. The van der Waals surface area contributed by atoms with Crippen LogP contribution in [-0.4, -0.2) is 12.1 Å². The number of oxazole rings is 1. The summed E-state index contributed by atoms with van der Waals surface area (Å²) in [4.78, 5) is 4.12. The van der Waals surface area contributed by atoms with E-state index in [1.807, 2.05) is 31.2 Å². The fourth-order valence-corrected chi connectivity index (χ4v) is 1.51. The SMILES string of the molecule is COc1ccccc1-c1nc(N)oc1C. The van der Waals surface area contributed by atoms with Crippen molar-refractivity contribution in [2.24, 2.45) is 0 Å². The molecule has 2 aromatic rings. The lowest BCUT2D eigenvalue weighted by molar-refractivity contribution is 0.416. The minimum atomic E-state index is 0.174. The Labute approximate surface area is 87.7 Å². The van der Waals surface area contributed by atoms with Crippen LogP contribution in [0.2, 0.25) is 0 Å². The molecular formula is C11H12N2O2. The van der Waals surface area contributed by atoms with Crippen molar-refractivity contribution >= 4 is 6.01 Å². The third-order valence-electron chi connectivity index (χ3n) is 2.18. The number of nitrogens with two attached hydrogens (primary N) is 1. The minimum Gasteiger partial charge on any atom is -0.496 e. The first-order valence-corrected chi connectivity index (χ1v) is 4.58. The molecular weight excluding hydrogens is 192 g/mol. The van der Waals surface area contributed by atoms with Crippen LogP contribution in [0.5, 0.6) is 5.75 Å². The number of para-hydroxylation sites is 1. The van der Waals surface area contributed by atoms with Gasteiger partial charge < -0.3 is 14.9 Å². The standard InChI is InChI=1S/C11H12N2O2/c1-7-10(13-11(12)15-7)8-5-3-4-6-9(8)14-2/h3-6H,1-2H3,(H2,12,13). The van der Waals surface area contributed by atoms with E-state index >= 15 is 0 Å². The lowest BCUT2D eigenvalue weighted by Gasteiger charge is -2.05. The van der Waals surface area contributed by atoms with Crippen LogP contribution in [0.25, 0.3) is 11.3 Å². The zero-order chi connectivity index (χ0) is 10.8. The topological polar surface area (TPSA) is 61.3 Å². The van der Waals surface area contributed by atoms with E-state index in [4.69, 9.17) is 14.9 Å². The van der Waals surface area contributed by atoms with Gasteiger partial charge in [0, 0.05) is 5.56 Å². The molecule has 2 N–H and O–H groups in total. The zero-order valence-corrected chi connectivity index (χ0v) is 8.65. The molecule has 4 heteroatoms. The number of hydrogen-bond acceptors (Lipinski definition) is 4. The second kappa shape index (κ2) is 3.65. The molecule has 0 atom stereocenters. The number of benzene rings is 1. The largest absolute Gasteiger partial charge is 0.496 e. The first-order chi connectivity index (χ1) is 7.22. The van der Waals surface area contributed by atoms with Crippen molar-refractivity contribution in [2.45, 2.75) is 6.92 Å². The van der Waals surface area contributed by atoms with Crippen LogP contribution in [0.4, 0.5) is 6.01 Å². The maximum absolute atomic E-state index is 5.49. The average Bonchev–Trinajstić information content (AvgIpc) is 2.57. The molecule has 0 aliphatic heterocycles. The summed E-state index contributed by atoms with van der Waals surface area (Å²) in [5, 5.41) is 0. The number of rotatable bonds is 2. The monoisotopic (exact) mass is 204 g/mol. The molecule has 2 rings (SSSR count). The predicted molar refractivity (Wildman–Crippen MR) is 57.6 cm³/mol. The molecule has 0 aliphatic carbocycles. The summed E-state index contributed by atoms with van der Waals surface area (Å²) in [6.07, 6.45) is 0. The van der Waals surface area contributed by atoms with Gasteiger partial charge in [0.25, 0.3) is 6.01 Å². The number of ether oxygens (including phenoxy) is 1. The number of nitrogens with zero attached hydrogens (tertiary/aromatic N) is 1. The van der Waals surface area contributed by atoms with Gasteiger partial charge in [0.15, 0.2) is 0 Å². The quantitative estimate of drug-likeness (QED) is 0.814. The van der Waals surface area contributed by atoms with Gasteiger partial charge in [-0.3, -0.25) is 0 Å². The molecule has 0 saturated heterocycles. The molecule has 0 saturated carbocycles. The van der Waals surface area contributed by atoms with Gasteiger partial charge in [0.05, 0.1) is 7.11 Å². The van der Waals surface area contributed by atoms with E-state index in [-0.39, 0.29) is 6.01 Å². The van der Waals surface area contributed by atoms with Crippen LogP contribution in [0.15, 0.2) is 28.7 Å². The van der Waals surface area contributed by atoms with Crippen molar-refractivity contribution < 1.29 is 9.15 Å². The van der Waals surface area contributed by atoms with Crippen molar-refractivity contribution in [1.82, 2.24) is 4.98 Å². The fourth-order valence-electron chi connectivity index (χ4n) is 1.51. The summed E-state index contributed by atoms with van der Waals surface area (Å²) in [6, 6.07) is 7.79. The third-order valence-corrected chi connectivity index (χ3v) is 2.18. The van der Waals surface area contributed by atoms with Gasteiger partial charge in [-0.2, -0.15) is 4.98 Å². The van der Waals surface area contributed by atoms with Crippen molar-refractivity contribution in [3.05, 3.63) is 30.0 Å². The molecule has 1 heterocycles. The Hall–Kier alpha value is -1.97. The number of methoxy groups -OCH3 is 1. The normalized spacial score (nSPS) is 10.3. The Morgan fingerprint density at radius 2 is 2.07 bits per heavy atom. The second-order valence-corrected chi connectivity index (χ2v) is 3.16. The number of anilines is 1. The molecule has 0 bridgehead atoms. The van der Waals surface area contributed by atoms with Gasteiger partial charge in [0.1, 0.15) is 17.2 Å². The summed E-state index contributed by atoms with van der Waals surface area (Å²) in [5.41, 5.74) is 7.10. The van der Waals surface area contributed by atoms with E-state index in [9.17, 15) is 0 Å². The summed E-state index contributed by atoms with van der Waals surface area (Å²) < 4.78 is 10.4. The van der Waals surface area contributed by atoms with Gasteiger partial charge in [-0.15, -0.1) is 0 Å². The van der Waals surface area contributed by atoms with Crippen molar-refractivity contribution in [3.8, 4) is 17.0 Å². The van der Waals surface area contributed by atoms with Crippen LogP contribution in [-0.2, 0) is 0 Å². The molecule has 78 valence electrons. The maximum atomic E-state index is 5.49. The van der Waals surface area contributed by atoms with E-state index in [0.29, 0.717) is 5.76 Å². The third kappa shape index (κ3) is 1.66. The minimum absolute atomic E-state index is 0.174. The van der Waals surface area contributed by atoms with E-state index < -0.39 is 0 Å². The Morgan fingerprint density at radius 1 is 1.33 bits per heavy atom. The first kappa shape index (κ1) is 9.58. The van der Waals surface area contributed by atoms with Gasteiger partial charge in [-0.25, -0.2) is 0 Å². The van der Waals surface area contributed by atoms with Crippen LogP contribution < -0.4 is 10.5 Å². The van der Waals surface area contributed by atoms with Gasteiger partial charge in [-0.1, -0.05) is 12.1 Å². The second-order valence-electron chi connectivity index (χ2n) is 3.16. The zero-order valence-electron chi connectivity index (χ0n) is 8.65. The number of aromatic nitrogens is 1. The highest BCUT2D eigenvalue weighted by Crippen LogP contribution is 2.31. The van der Waals surface area contributed by atoms with Crippen molar-refractivity contribution in [1.29, 1.82) is 0 Å². The summed E-state index contributed by atoms with van der Waals surface area (Å²) in [5.74, 6) is 1.45. The molecule has 0 spiro atoms. The van der Waals surface area contributed by atoms with Gasteiger partial charge in [-0.05, 0) is 19.1 Å². The highest BCUT2D eigenvalue weighted by molar-refractivity contribution is 5.69. The molecule has 15 heavy (non-hydrogen) atoms. The lowest BCUT2D eigenvalue weighted by atomic mass is 10.1. The summed E-state index contributed by atoms with van der Waals surface area (Å²) >= 11 is 0. The fraction of sp³-hybridized carbons (Fsp3) is 0.182. The van der Waals surface area contributed by atoms with E-state index in [0.717, 1.165) is 17.0 Å². The number of aryl methyl sites for hydroxylation is 1. The molecule has 4 nitrogen and oxygen atoms in total. The highest BCUT2D eigenvalue weighted by atomic mass is 16.5. The van der Waals surface area contributed by atoms with Crippen molar-refractivity contribution in [3.63, 3.8) is 0 Å².